The van der Waals surface area contributed by atoms with Crippen molar-refractivity contribution >= 4 is 5.97 Å². The lowest BCUT2D eigenvalue weighted by Crippen LogP contribution is -2.07. The Labute approximate surface area is 60.9 Å². The Kier molecular flexibility index (Phi) is 1.89. The summed E-state index contributed by atoms with van der Waals surface area (Å²) in [5.41, 5.74) is -0.403. The number of halogens is 2. The molecule has 11 heavy (non-hydrogen) atoms. The minimum absolute atomic E-state index is 0.391. The van der Waals surface area contributed by atoms with Gasteiger partial charge in [0.2, 0.25) is 0 Å². The number of nitrogens with zero attached hydrogens (tertiary/aromatic N) is 1. The van der Waals surface area contributed by atoms with Gasteiger partial charge in [-0.3, -0.25) is 4.57 Å². The summed E-state index contributed by atoms with van der Waals surface area (Å²) in [7, 11) is 0. The van der Waals surface area contributed by atoms with E-state index >= 15 is 0 Å². The van der Waals surface area contributed by atoms with Crippen LogP contribution >= 0.6 is 0 Å². The number of alkyl halides is 2. The fourth-order valence-corrected chi connectivity index (χ4v) is 0.745. The van der Waals surface area contributed by atoms with Gasteiger partial charge in [0.05, 0.1) is 0 Å². The van der Waals surface area contributed by atoms with Crippen LogP contribution < -0.4 is 0 Å². The van der Waals surface area contributed by atoms with Crippen molar-refractivity contribution in [3.05, 3.63) is 24.0 Å². The fraction of sp³-hybridized carbons (Fsp3) is 0.167. The summed E-state index contributed by atoms with van der Waals surface area (Å²) in [6.07, 6.45) is 1.02. The zero-order valence-corrected chi connectivity index (χ0v) is 5.37. The molecule has 1 heterocycles. The van der Waals surface area contributed by atoms with Crippen molar-refractivity contribution in [2.24, 2.45) is 0 Å². The second-order valence-corrected chi connectivity index (χ2v) is 1.88. The molecule has 0 radical (unpaired) electrons. The zero-order valence-electron chi connectivity index (χ0n) is 5.37. The zero-order chi connectivity index (χ0) is 8.43. The Morgan fingerprint density at radius 3 is 2.64 bits per heavy atom. The highest BCUT2D eigenvalue weighted by molar-refractivity contribution is 5.85. The summed E-state index contributed by atoms with van der Waals surface area (Å²) in [6.45, 7) is -2.80. The average Bonchev–Trinajstić information content (AvgIpc) is 2.32. The van der Waals surface area contributed by atoms with Crippen LogP contribution in [0.1, 0.15) is 17.0 Å². The fourth-order valence-electron chi connectivity index (χ4n) is 0.745. The van der Waals surface area contributed by atoms with Crippen molar-refractivity contribution in [3.63, 3.8) is 0 Å². The number of carbonyl (C=O) groups is 1. The maximum Gasteiger partial charge on any atom is 0.352 e. The molecule has 5 heteroatoms. The third-order valence-electron chi connectivity index (χ3n) is 1.21. The molecule has 0 aliphatic carbocycles. The smallest absolute Gasteiger partial charge is 0.352 e. The first-order valence-corrected chi connectivity index (χ1v) is 2.81. The third-order valence-corrected chi connectivity index (χ3v) is 1.21. The molecule has 0 bridgehead atoms. The molecule has 1 aromatic rings. The molecule has 0 spiro atoms. The molecule has 0 aliphatic rings. The van der Waals surface area contributed by atoms with Crippen LogP contribution in [-0.4, -0.2) is 15.6 Å². The number of carboxylic acid groups (broad SMARTS) is 1. The molecular formula is C6H5F2NO2. The van der Waals surface area contributed by atoms with Crippen LogP contribution in [0.4, 0.5) is 8.78 Å². The van der Waals surface area contributed by atoms with Crippen molar-refractivity contribution in [2.75, 3.05) is 0 Å². The first-order valence-electron chi connectivity index (χ1n) is 2.81. The predicted octanol–water partition coefficient (Wildman–Crippen LogP) is 1.58. The van der Waals surface area contributed by atoms with Gasteiger partial charge in [-0.05, 0) is 12.1 Å². The van der Waals surface area contributed by atoms with Gasteiger partial charge in [0.25, 0.3) is 0 Å². The number of hydrogen-bond donors (Lipinski definition) is 1. The number of aromatic carboxylic acids is 1. The van der Waals surface area contributed by atoms with Gasteiger partial charge in [0.15, 0.2) is 0 Å². The van der Waals surface area contributed by atoms with E-state index in [2.05, 4.69) is 0 Å². The monoisotopic (exact) mass is 161 g/mol. The van der Waals surface area contributed by atoms with E-state index in [1.165, 1.54) is 6.07 Å². The standard InChI is InChI=1S/C6H5F2NO2/c7-6(8)9-3-1-2-4(9)5(10)11/h1-3,6H,(H,10,11). The molecule has 0 unspecified atom stereocenters. The molecule has 0 fully saturated rings. The van der Waals surface area contributed by atoms with E-state index in [0.717, 1.165) is 12.3 Å². The van der Waals surface area contributed by atoms with Crippen molar-refractivity contribution < 1.29 is 18.7 Å². The van der Waals surface area contributed by atoms with E-state index in [1.54, 1.807) is 0 Å². The van der Waals surface area contributed by atoms with Crippen molar-refractivity contribution in [3.8, 4) is 0 Å². The van der Waals surface area contributed by atoms with Crippen LogP contribution in [-0.2, 0) is 0 Å². The van der Waals surface area contributed by atoms with Crippen molar-refractivity contribution in [1.82, 2.24) is 4.57 Å². The molecular weight excluding hydrogens is 156 g/mol. The molecule has 0 aromatic carbocycles. The topological polar surface area (TPSA) is 42.2 Å². The van der Waals surface area contributed by atoms with E-state index in [0.29, 0.717) is 4.57 Å². The Balaban J connectivity index is 3.06. The molecule has 0 aliphatic heterocycles. The SMILES string of the molecule is O=C(O)c1cccn1C(F)F. The van der Waals surface area contributed by atoms with Crippen LogP contribution in [0.15, 0.2) is 18.3 Å². The Morgan fingerprint density at radius 2 is 2.27 bits per heavy atom. The summed E-state index contributed by atoms with van der Waals surface area (Å²) in [5.74, 6) is -1.35. The molecule has 0 saturated carbocycles. The lowest BCUT2D eigenvalue weighted by molar-refractivity contribution is 0.0528. The van der Waals surface area contributed by atoms with Crippen LogP contribution in [0, 0.1) is 0 Å². The van der Waals surface area contributed by atoms with Crippen molar-refractivity contribution in [2.45, 2.75) is 6.55 Å². The van der Waals surface area contributed by atoms with Crippen LogP contribution in [0.3, 0.4) is 0 Å². The van der Waals surface area contributed by atoms with E-state index in [-0.39, 0.29) is 0 Å². The number of carboxylic acids is 1. The molecule has 0 amide bonds. The first-order chi connectivity index (χ1) is 5.13. The number of rotatable bonds is 2. The molecule has 3 nitrogen and oxygen atoms in total. The lowest BCUT2D eigenvalue weighted by Gasteiger charge is -2.02. The molecule has 0 atom stereocenters. The van der Waals surface area contributed by atoms with E-state index in [9.17, 15) is 13.6 Å². The van der Waals surface area contributed by atoms with Gasteiger partial charge in [-0.2, -0.15) is 8.78 Å². The second-order valence-electron chi connectivity index (χ2n) is 1.88. The van der Waals surface area contributed by atoms with Crippen LogP contribution in [0.5, 0.6) is 0 Å². The lowest BCUT2D eigenvalue weighted by atomic mass is 10.4. The Morgan fingerprint density at radius 1 is 1.64 bits per heavy atom. The third kappa shape index (κ3) is 1.36. The Bertz CT molecular complexity index is 269. The Hall–Kier alpha value is -1.39. The van der Waals surface area contributed by atoms with Crippen molar-refractivity contribution in [1.29, 1.82) is 0 Å². The van der Waals surface area contributed by atoms with Gasteiger partial charge in [-0.1, -0.05) is 0 Å². The van der Waals surface area contributed by atoms with E-state index in [1.807, 2.05) is 0 Å². The largest absolute Gasteiger partial charge is 0.477 e. The maximum absolute atomic E-state index is 11.9. The highest BCUT2D eigenvalue weighted by Crippen LogP contribution is 2.13. The van der Waals surface area contributed by atoms with Gasteiger partial charge < -0.3 is 5.11 Å². The van der Waals surface area contributed by atoms with E-state index in [4.69, 9.17) is 5.11 Å². The molecule has 1 rings (SSSR count). The highest BCUT2D eigenvalue weighted by atomic mass is 19.3. The van der Waals surface area contributed by atoms with Gasteiger partial charge in [-0.25, -0.2) is 4.79 Å². The summed E-state index contributed by atoms with van der Waals surface area (Å²) >= 11 is 0. The number of aromatic nitrogens is 1. The minimum atomic E-state index is -2.80. The van der Waals surface area contributed by atoms with Gasteiger partial charge in [0, 0.05) is 6.20 Å². The molecule has 60 valence electrons. The van der Waals surface area contributed by atoms with Gasteiger partial charge in [0.1, 0.15) is 5.69 Å². The normalized spacial score (nSPS) is 10.5. The van der Waals surface area contributed by atoms with Crippen LogP contribution in [0.25, 0.3) is 0 Å². The summed E-state index contributed by atoms with van der Waals surface area (Å²) < 4.78 is 24.2. The quantitative estimate of drug-likeness (QED) is 0.715. The summed E-state index contributed by atoms with van der Waals surface area (Å²) in [5, 5.41) is 8.35. The molecule has 1 N–H and O–H groups in total. The predicted molar refractivity (Wildman–Crippen MR) is 32.6 cm³/mol. The summed E-state index contributed by atoms with van der Waals surface area (Å²) in [6, 6.07) is 2.38. The van der Waals surface area contributed by atoms with E-state index < -0.39 is 18.2 Å². The highest BCUT2D eigenvalue weighted by Gasteiger charge is 2.14. The number of hydrogen-bond acceptors (Lipinski definition) is 1. The second kappa shape index (κ2) is 2.69. The first kappa shape index (κ1) is 7.71. The average molecular weight is 161 g/mol. The van der Waals surface area contributed by atoms with Crippen LogP contribution in [0.2, 0.25) is 0 Å². The molecule has 1 aromatic heterocycles. The minimum Gasteiger partial charge on any atom is -0.477 e. The van der Waals surface area contributed by atoms with Gasteiger partial charge >= 0.3 is 12.5 Å². The summed E-state index contributed by atoms with van der Waals surface area (Å²) in [4.78, 5) is 10.2. The van der Waals surface area contributed by atoms with Gasteiger partial charge in [-0.15, -0.1) is 0 Å². The molecule has 0 saturated heterocycles. The maximum atomic E-state index is 11.9.